The standard InChI is InChI=1S/C14H17F2NO/c15-12-6-4-7-13(16)14(12)18-11-5-10-17-8-2-1-3-9-17/h1-2,4,6-7H,3,5,8-11H2. The van der Waals surface area contributed by atoms with E-state index in [1.165, 1.54) is 18.2 Å². The van der Waals surface area contributed by atoms with Gasteiger partial charge in [-0.05, 0) is 25.0 Å². The molecule has 0 amide bonds. The third-order valence-electron chi connectivity index (χ3n) is 2.93. The molecule has 1 aliphatic heterocycles. The van der Waals surface area contributed by atoms with Crippen LogP contribution in [-0.2, 0) is 0 Å². The Hall–Kier alpha value is -1.42. The van der Waals surface area contributed by atoms with Crippen molar-refractivity contribution in [3.8, 4) is 5.75 Å². The van der Waals surface area contributed by atoms with Gasteiger partial charge < -0.3 is 4.74 Å². The summed E-state index contributed by atoms with van der Waals surface area (Å²) in [5, 5.41) is 0. The maximum Gasteiger partial charge on any atom is 0.190 e. The second-order valence-corrected chi connectivity index (χ2v) is 4.31. The lowest BCUT2D eigenvalue weighted by molar-refractivity contribution is 0.235. The molecule has 0 bridgehead atoms. The van der Waals surface area contributed by atoms with E-state index in [4.69, 9.17) is 4.74 Å². The van der Waals surface area contributed by atoms with Crippen LogP contribution in [0.4, 0.5) is 8.78 Å². The summed E-state index contributed by atoms with van der Waals surface area (Å²) in [7, 11) is 0. The minimum atomic E-state index is -0.643. The molecule has 1 heterocycles. The Kier molecular flexibility index (Phi) is 4.70. The Morgan fingerprint density at radius 2 is 1.94 bits per heavy atom. The maximum atomic E-state index is 13.2. The second-order valence-electron chi connectivity index (χ2n) is 4.31. The summed E-state index contributed by atoms with van der Waals surface area (Å²) < 4.78 is 31.7. The summed E-state index contributed by atoms with van der Waals surface area (Å²) in [6.45, 7) is 3.22. The predicted molar refractivity (Wildman–Crippen MR) is 66.7 cm³/mol. The van der Waals surface area contributed by atoms with Gasteiger partial charge in [0.05, 0.1) is 6.61 Å². The van der Waals surface area contributed by atoms with Crippen LogP contribution in [0.1, 0.15) is 12.8 Å². The molecule has 1 aliphatic rings. The molecule has 0 radical (unpaired) electrons. The molecule has 1 aromatic rings. The fraction of sp³-hybridized carbons (Fsp3) is 0.429. The SMILES string of the molecule is Fc1cccc(F)c1OCCCN1CC=CCC1. The van der Waals surface area contributed by atoms with Gasteiger partial charge in [0.2, 0.25) is 0 Å². The largest absolute Gasteiger partial charge is 0.488 e. The number of hydrogen-bond donors (Lipinski definition) is 0. The predicted octanol–water partition coefficient (Wildman–Crippen LogP) is 3.00. The molecule has 0 N–H and O–H groups in total. The van der Waals surface area contributed by atoms with Crippen LogP contribution < -0.4 is 4.74 Å². The molecule has 0 saturated carbocycles. The van der Waals surface area contributed by atoms with Crippen LogP contribution >= 0.6 is 0 Å². The number of para-hydroxylation sites is 1. The van der Waals surface area contributed by atoms with Crippen LogP contribution in [0.25, 0.3) is 0 Å². The molecule has 0 atom stereocenters. The molecule has 2 nitrogen and oxygen atoms in total. The number of nitrogens with zero attached hydrogens (tertiary/aromatic N) is 1. The van der Waals surface area contributed by atoms with Gasteiger partial charge in [0, 0.05) is 19.6 Å². The lowest BCUT2D eigenvalue weighted by Gasteiger charge is -2.22. The monoisotopic (exact) mass is 253 g/mol. The molecule has 0 unspecified atom stereocenters. The zero-order valence-corrected chi connectivity index (χ0v) is 10.2. The summed E-state index contributed by atoms with van der Waals surface area (Å²) in [4.78, 5) is 2.29. The zero-order valence-electron chi connectivity index (χ0n) is 10.2. The van der Waals surface area contributed by atoms with E-state index in [0.29, 0.717) is 6.61 Å². The highest BCUT2D eigenvalue weighted by atomic mass is 19.1. The fourth-order valence-corrected chi connectivity index (χ4v) is 1.98. The third-order valence-corrected chi connectivity index (χ3v) is 2.93. The van der Waals surface area contributed by atoms with Gasteiger partial charge in [0.25, 0.3) is 0 Å². The zero-order chi connectivity index (χ0) is 12.8. The quantitative estimate of drug-likeness (QED) is 0.591. The summed E-state index contributed by atoms with van der Waals surface area (Å²) in [5.74, 6) is -1.55. The molecule has 0 aliphatic carbocycles. The summed E-state index contributed by atoms with van der Waals surface area (Å²) in [6, 6.07) is 3.74. The average molecular weight is 253 g/mol. The molecular formula is C14H17F2NO. The maximum absolute atomic E-state index is 13.2. The highest BCUT2D eigenvalue weighted by Gasteiger charge is 2.10. The Balaban J connectivity index is 1.73. The molecular weight excluding hydrogens is 236 g/mol. The number of halogens is 2. The van der Waals surface area contributed by atoms with E-state index >= 15 is 0 Å². The molecule has 0 saturated heterocycles. The van der Waals surface area contributed by atoms with E-state index in [1.54, 1.807) is 0 Å². The summed E-state index contributed by atoms with van der Waals surface area (Å²) >= 11 is 0. The first-order valence-electron chi connectivity index (χ1n) is 6.21. The minimum Gasteiger partial charge on any atom is -0.488 e. The molecule has 0 aromatic heterocycles. The average Bonchev–Trinajstić information content (AvgIpc) is 2.38. The van der Waals surface area contributed by atoms with E-state index in [9.17, 15) is 8.78 Å². The fourth-order valence-electron chi connectivity index (χ4n) is 1.98. The van der Waals surface area contributed by atoms with E-state index in [-0.39, 0.29) is 5.75 Å². The highest BCUT2D eigenvalue weighted by Crippen LogP contribution is 2.20. The number of rotatable bonds is 5. The van der Waals surface area contributed by atoms with Crippen molar-refractivity contribution in [3.63, 3.8) is 0 Å². The van der Waals surface area contributed by atoms with Crippen molar-refractivity contribution >= 4 is 0 Å². The van der Waals surface area contributed by atoms with Gasteiger partial charge in [-0.1, -0.05) is 18.2 Å². The lowest BCUT2D eigenvalue weighted by atomic mass is 10.2. The van der Waals surface area contributed by atoms with Crippen molar-refractivity contribution in [1.82, 2.24) is 4.90 Å². The number of hydrogen-bond acceptors (Lipinski definition) is 2. The molecule has 2 rings (SSSR count). The van der Waals surface area contributed by atoms with E-state index < -0.39 is 11.6 Å². The van der Waals surface area contributed by atoms with Crippen LogP contribution in [-0.4, -0.2) is 31.1 Å². The van der Waals surface area contributed by atoms with Crippen molar-refractivity contribution in [1.29, 1.82) is 0 Å². The van der Waals surface area contributed by atoms with E-state index in [0.717, 1.165) is 32.5 Å². The van der Waals surface area contributed by atoms with Crippen molar-refractivity contribution in [3.05, 3.63) is 42.0 Å². The minimum absolute atomic E-state index is 0.268. The van der Waals surface area contributed by atoms with E-state index in [2.05, 4.69) is 17.1 Å². The molecule has 18 heavy (non-hydrogen) atoms. The first-order valence-corrected chi connectivity index (χ1v) is 6.21. The van der Waals surface area contributed by atoms with Crippen LogP contribution in [0.15, 0.2) is 30.4 Å². The van der Waals surface area contributed by atoms with Crippen LogP contribution in [0, 0.1) is 11.6 Å². The smallest absolute Gasteiger partial charge is 0.190 e. The Bertz CT molecular complexity index is 400. The van der Waals surface area contributed by atoms with Crippen LogP contribution in [0.3, 0.4) is 0 Å². The van der Waals surface area contributed by atoms with Gasteiger partial charge in [-0.3, -0.25) is 4.90 Å². The van der Waals surface area contributed by atoms with Crippen LogP contribution in [0.5, 0.6) is 5.75 Å². The van der Waals surface area contributed by atoms with Crippen molar-refractivity contribution in [2.45, 2.75) is 12.8 Å². The number of benzene rings is 1. The lowest BCUT2D eigenvalue weighted by Crippen LogP contribution is -2.29. The van der Waals surface area contributed by atoms with Crippen LogP contribution in [0.2, 0.25) is 0 Å². The normalized spacial score (nSPS) is 15.9. The first kappa shape index (κ1) is 13.0. The highest BCUT2D eigenvalue weighted by molar-refractivity contribution is 5.25. The van der Waals surface area contributed by atoms with Gasteiger partial charge in [-0.2, -0.15) is 0 Å². The number of ether oxygens (including phenoxy) is 1. The molecule has 4 heteroatoms. The summed E-state index contributed by atoms with van der Waals surface area (Å²) in [5.41, 5.74) is 0. The molecule has 1 aromatic carbocycles. The van der Waals surface area contributed by atoms with Crippen molar-refractivity contribution < 1.29 is 13.5 Å². The van der Waals surface area contributed by atoms with E-state index in [1.807, 2.05) is 0 Å². The molecule has 0 spiro atoms. The topological polar surface area (TPSA) is 12.5 Å². The Labute approximate surface area is 106 Å². The van der Waals surface area contributed by atoms with Gasteiger partial charge in [0.15, 0.2) is 17.4 Å². The third kappa shape index (κ3) is 3.53. The first-order chi connectivity index (χ1) is 8.77. The van der Waals surface area contributed by atoms with Gasteiger partial charge in [0.1, 0.15) is 0 Å². The van der Waals surface area contributed by atoms with Gasteiger partial charge in [-0.15, -0.1) is 0 Å². The van der Waals surface area contributed by atoms with Gasteiger partial charge in [-0.25, -0.2) is 8.78 Å². The second kappa shape index (κ2) is 6.50. The van der Waals surface area contributed by atoms with Gasteiger partial charge >= 0.3 is 0 Å². The molecule has 98 valence electrons. The van der Waals surface area contributed by atoms with Crippen molar-refractivity contribution in [2.24, 2.45) is 0 Å². The molecule has 0 fully saturated rings. The Morgan fingerprint density at radius 3 is 2.61 bits per heavy atom. The Morgan fingerprint density at radius 1 is 1.17 bits per heavy atom. The summed E-state index contributed by atoms with van der Waals surface area (Å²) in [6.07, 6.45) is 6.15. The van der Waals surface area contributed by atoms with Crippen molar-refractivity contribution in [2.75, 3.05) is 26.2 Å².